The molecule has 0 bridgehead atoms. The van der Waals surface area contributed by atoms with E-state index in [0.29, 0.717) is 5.69 Å². The Morgan fingerprint density at radius 3 is 2.93 bits per heavy atom. The maximum Gasteiger partial charge on any atom is 0.352 e. The summed E-state index contributed by atoms with van der Waals surface area (Å²) in [5.74, 6) is -0.907. The zero-order valence-corrected chi connectivity index (χ0v) is 8.76. The van der Waals surface area contributed by atoms with Crippen molar-refractivity contribution in [3.05, 3.63) is 16.8 Å². The second-order valence-electron chi connectivity index (χ2n) is 3.05. The molecule has 2 aromatic rings. The van der Waals surface area contributed by atoms with E-state index in [1.54, 1.807) is 29.0 Å². The van der Waals surface area contributed by atoms with Crippen molar-refractivity contribution in [3.8, 4) is 0 Å². The van der Waals surface area contributed by atoms with Crippen molar-refractivity contribution in [1.29, 1.82) is 0 Å². The predicted molar refractivity (Wildman–Crippen MR) is 54.9 cm³/mol. The lowest BCUT2D eigenvalue weighted by Gasteiger charge is -1.95. The van der Waals surface area contributed by atoms with Crippen LogP contribution in [0.25, 0.3) is 10.3 Å². The molecule has 0 radical (unpaired) electrons. The van der Waals surface area contributed by atoms with Gasteiger partial charge in [-0.25, -0.2) is 9.78 Å². The lowest BCUT2D eigenvalue weighted by Crippen LogP contribution is -2.03. The maximum atomic E-state index is 10.8. The number of carboxylic acid groups (broad SMARTS) is 1. The molecule has 4 nitrogen and oxygen atoms in total. The van der Waals surface area contributed by atoms with Crippen molar-refractivity contribution in [3.63, 3.8) is 0 Å². The molecule has 74 valence electrons. The van der Waals surface area contributed by atoms with Gasteiger partial charge >= 0.3 is 5.97 Å². The predicted octanol–water partition coefficient (Wildman–Crippen LogP) is 1.90. The van der Waals surface area contributed by atoms with E-state index in [2.05, 4.69) is 4.98 Å². The van der Waals surface area contributed by atoms with Crippen LogP contribution in [-0.4, -0.2) is 20.6 Å². The van der Waals surface area contributed by atoms with E-state index < -0.39 is 5.97 Å². The quantitative estimate of drug-likeness (QED) is 0.823. The van der Waals surface area contributed by atoms with Crippen LogP contribution in [0.3, 0.4) is 0 Å². The summed E-state index contributed by atoms with van der Waals surface area (Å²) in [5, 5.41) is 9.91. The molecule has 0 saturated heterocycles. The van der Waals surface area contributed by atoms with Gasteiger partial charge < -0.3 is 9.67 Å². The molecule has 0 fully saturated rings. The third kappa shape index (κ3) is 1.21. The monoisotopic (exact) mass is 210 g/mol. The van der Waals surface area contributed by atoms with Crippen molar-refractivity contribution >= 4 is 27.7 Å². The summed E-state index contributed by atoms with van der Waals surface area (Å²) in [4.78, 5) is 16.1. The molecule has 0 amide bonds. The summed E-state index contributed by atoms with van der Waals surface area (Å²) in [5.41, 5.74) is 1.08. The number of aryl methyl sites for hydroxylation is 2. The molecule has 2 heterocycles. The molecule has 0 aliphatic heterocycles. The molecule has 0 spiro atoms. The highest BCUT2D eigenvalue weighted by Gasteiger charge is 2.14. The molecule has 1 N–H and O–H groups in total. The molecule has 0 atom stereocenters. The molecular weight excluding hydrogens is 200 g/mol. The molecule has 14 heavy (non-hydrogen) atoms. The smallest absolute Gasteiger partial charge is 0.352 e. The van der Waals surface area contributed by atoms with Gasteiger partial charge in [0.25, 0.3) is 0 Å². The molecule has 0 aliphatic rings. The van der Waals surface area contributed by atoms with E-state index in [1.807, 2.05) is 6.92 Å². The van der Waals surface area contributed by atoms with Gasteiger partial charge in [0.15, 0.2) is 0 Å². The number of thiazole rings is 1. The summed E-state index contributed by atoms with van der Waals surface area (Å²) in [6.45, 7) is 2.04. The van der Waals surface area contributed by atoms with Gasteiger partial charge in [-0.05, 0) is 12.5 Å². The lowest BCUT2D eigenvalue weighted by molar-refractivity contribution is 0.0687. The zero-order valence-electron chi connectivity index (χ0n) is 7.94. The van der Waals surface area contributed by atoms with Crippen LogP contribution in [0.5, 0.6) is 0 Å². The molecule has 0 aliphatic carbocycles. The Balaban J connectivity index is 2.66. The fourth-order valence-corrected chi connectivity index (χ4v) is 2.35. The fourth-order valence-electron chi connectivity index (χ4n) is 1.40. The van der Waals surface area contributed by atoms with Crippen molar-refractivity contribution in [2.24, 2.45) is 7.05 Å². The topological polar surface area (TPSA) is 55.1 Å². The van der Waals surface area contributed by atoms with E-state index in [9.17, 15) is 4.79 Å². The van der Waals surface area contributed by atoms with E-state index in [-0.39, 0.29) is 0 Å². The average Bonchev–Trinajstić information content (AvgIpc) is 2.65. The van der Waals surface area contributed by atoms with Crippen molar-refractivity contribution in [2.75, 3.05) is 0 Å². The Labute approximate surface area is 84.8 Å². The van der Waals surface area contributed by atoms with Crippen molar-refractivity contribution in [2.45, 2.75) is 13.3 Å². The first-order chi connectivity index (χ1) is 6.63. The molecular formula is C9H10N2O2S. The first-order valence-corrected chi connectivity index (χ1v) is 5.13. The fraction of sp³-hybridized carbons (Fsp3) is 0.333. The number of hydrogen-bond donors (Lipinski definition) is 1. The van der Waals surface area contributed by atoms with Crippen molar-refractivity contribution < 1.29 is 9.90 Å². The lowest BCUT2D eigenvalue weighted by atomic mass is 10.4. The molecule has 2 aromatic heterocycles. The zero-order chi connectivity index (χ0) is 10.3. The number of rotatable bonds is 2. The Morgan fingerprint density at radius 2 is 2.43 bits per heavy atom. The molecule has 0 saturated carbocycles. The van der Waals surface area contributed by atoms with Crippen LogP contribution in [0.4, 0.5) is 0 Å². The number of carboxylic acids is 1. The highest BCUT2D eigenvalue weighted by atomic mass is 32.1. The van der Waals surface area contributed by atoms with E-state index in [0.717, 1.165) is 21.8 Å². The minimum atomic E-state index is -0.907. The standard InChI is InChI=1S/C9H10N2O2S/c1-3-7-10-5-4-6(9(12)13)11(2)8(5)14-7/h4H,3H2,1-2H3,(H,12,13). The maximum absolute atomic E-state index is 10.8. The summed E-state index contributed by atoms with van der Waals surface area (Å²) >= 11 is 1.55. The molecule has 5 heteroatoms. The number of nitrogens with zero attached hydrogens (tertiary/aromatic N) is 2. The van der Waals surface area contributed by atoms with E-state index in [4.69, 9.17) is 5.11 Å². The van der Waals surface area contributed by atoms with E-state index in [1.165, 1.54) is 0 Å². The number of aromatic nitrogens is 2. The number of hydrogen-bond acceptors (Lipinski definition) is 3. The molecule has 2 rings (SSSR count). The van der Waals surface area contributed by atoms with Gasteiger partial charge in [0.1, 0.15) is 16.0 Å². The van der Waals surface area contributed by atoms with Gasteiger partial charge in [-0.1, -0.05) is 6.92 Å². The number of carbonyl (C=O) groups is 1. The van der Waals surface area contributed by atoms with Crippen LogP contribution >= 0.6 is 11.3 Å². The van der Waals surface area contributed by atoms with Crippen molar-refractivity contribution in [1.82, 2.24) is 9.55 Å². The second-order valence-corrected chi connectivity index (χ2v) is 4.11. The molecule has 0 unspecified atom stereocenters. The minimum Gasteiger partial charge on any atom is -0.477 e. The Bertz CT molecular complexity index is 498. The van der Waals surface area contributed by atoms with E-state index >= 15 is 0 Å². The van der Waals surface area contributed by atoms with Crippen LogP contribution < -0.4 is 0 Å². The number of fused-ring (bicyclic) bond motifs is 1. The van der Waals surface area contributed by atoms with Crippen LogP contribution in [-0.2, 0) is 13.5 Å². The minimum absolute atomic E-state index is 0.293. The van der Waals surface area contributed by atoms with Gasteiger partial charge in [-0.15, -0.1) is 11.3 Å². The van der Waals surface area contributed by atoms with Gasteiger partial charge in [0.2, 0.25) is 0 Å². The van der Waals surface area contributed by atoms with Gasteiger partial charge in [0.05, 0.1) is 5.01 Å². The third-order valence-electron chi connectivity index (χ3n) is 2.14. The summed E-state index contributed by atoms with van der Waals surface area (Å²) in [7, 11) is 1.75. The molecule has 0 aromatic carbocycles. The SMILES string of the molecule is CCc1nc2cc(C(=O)O)n(C)c2s1. The van der Waals surface area contributed by atoms with Crippen LogP contribution in [0.1, 0.15) is 22.4 Å². The first-order valence-electron chi connectivity index (χ1n) is 4.32. The Hall–Kier alpha value is -1.36. The summed E-state index contributed by atoms with van der Waals surface area (Å²) in [6.07, 6.45) is 0.891. The normalized spacial score (nSPS) is 11.0. The van der Waals surface area contributed by atoms with Crippen LogP contribution in [0.15, 0.2) is 6.07 Å². The highest BCUT2D eigenvalue weighted by molar-refractivity contribution is 7.18. The Morgan fingerprint density at radius 1 is 1.71 bits per heavy atom. The van der Waals surface area contributed by atoms with Gasteiger partial charge in [0, 0.05) is 7.05 Å². The van der Waals surface area contributed by atoms with Gasteiger partial charge in [-0.2, -0.15) is 0 Å². The third-order valence-corrected chi connectivity index (χ3v) is 3.43. The summed E-state index contributed by atoms with van der Waals surface area (Å²) < 4.78 is 1.68. The van der Waals surface area contributed by atoms with Crippen LogP contribution in [0, 0.1) is 0 Å². The average molecular weight is 210 g/mol. The second kappa shape index (κ2) is 3.09. The van der Waals surface area contributed by atoms with Crippen LogP contribution in [0.2, 0.25) is 0 Å². The largest absolute Gasteiger partial charge is 0.477 e. The number of aromatic carboxylic acids is 1. The highest BCUT2D eigenvalue weighted by Crippen LogP contribution is 2.25. The summed E-state index contributed by atoms with van der Waals surface area (Å²) in [6, 6.07) is 1.62. The first kappa shape index (κ1) is 9.21. The van der Waals surface area contributed by atoms with Gasteiger partial charge in [-0.3, -0.25) is 0 Å². The Kier molecular flexibility index (Phi) is 2.03.